The molecule has 5 nitrogen and oxygen atoms in total. The number of benzene rings is 1. The van der Waals surface area contributed by atoms with Gasteiger partial charge < -0.3 is 25.8 Å². The van der Waals surface area contributed by atoms with Gasteiger partial charge in [-0.05, 0) is 25.1 Å². The van der Waals surface area contributed by atoms with Gasteiger partial charge in [-0.25, -0.2) is 0 Å². The van der Waals surface area contributed by atoms with Gasteiger partial charge in [0.05, 0.1) is 13.2 Å². The number of hydrogen-bond acceptors (Lipinski definition) is 5. The Kier molecular flexibility index (Phi) is 4.54. The molecular formula is C11H17NO4. The molecule has 0 saturated carbocycles. The average molecular weight is 227 g/mol. The second kappa shape index (κ2) is 5.69. The van der Waals surface area contributed by atoms with Crippen LogP contribution in [-0.4, -0.2) is 35.1 Å². The molecule has 5 heteroatoms. The maximum Gasteiger partial charge on any atom is 0.128 e. The lowest BCUT2D eigenvalue weighted by Gasteiger charge is -2.19. The van der Waals surface area contributed by atoms with Crippen molar-refractivity contribution >= 4 is 0 Å². The van der Waals surface area contributed by atoms with Gasteiger partial charge in [0.15, 0.2) is 0 Å². The maximum absolute atomic E-state index is 9.86. The Bertz CT molecular complexity index is 343. The van der Waals surface area contributed by atoms with Gasteiger partial charge in [0, 0.05) is 11.6 Å². The van der Waals surface area contributed by atoms with Gasteiger partial charge in [0.25, 0.3) is 0 Å². The van der Waals surface area contributed by atoms with Crippen LogP contribution in [0.2, 0.25) is 0 Å². The van der Waals surface area contributed by atoms with E-state index in [9.17, 15) is 15.3 Å². The molecule has 0 radical (unpaired) electrons. The molecule has 1 aromatic rings. The third-order valence-electron chi connectivity index (χ3n) is 2.36. The number of ether oxygens (including phenoxy) is 1. The quantitative estimate of drug-likeness (QED) is 0.574. The molecule has 0 aromatic heterocycles. The normalized spacial score (nSPS) is 14.5. The maximum atomic E-state index is 9.86. The average Bonchev–Trinajstić information content (AvgIpc) is 2.28. The van der Waals surface area contributed by atoms with Gasteiger partial charge in [0.1, 0.15) is 17.6 Å². The van der Waals surface area contributed by atoms with Crippen molar-refractivity contribution in [2.75, 3.05) is 13.7 Å². The lowest BCUT2D eigenvalue weighted by atomic mass is 10.0. The van der Waals surface area contributed by atoms with E-state index in [1.807, 2.05) is 0 Å². The summed E-state index contributed by atoms with van der Waals surface area (Å²) in [4.78, 5) is 0. The lowest BCUT2D eigenvalue weighted by Crippen LogP contribution is -2.22. The molecule has 0 fully saturated rings. The Labute approximate surface area is 94.1 Å². The zero-order chi connectivity index (χ0) is 12.1. The zero-order valence-electron chi connectivity index (χ0n) is 9.13. The topological polar surface area (TPSA) is 95.9 Å². The Hall–Kier alpha value is -1.30. The molecule has 1 aromatic carbocycles. The van der Waals surface area contributed by atoms with Crippen LogP contribution in [0.25, 0.3) is 0 Å². The van der Waals surface area contributed by atoms with Crippen molar-refractivity contribution in [3.05, 3.63) is 23.8 Å². The number of phenols is 1. The number of methoxy groups -OCH3 is 1. The van der Waals surface area contributed by atoms with Crippen LogP contribution in [0.15, 0.2) is 18.2 Å². The second-order valence-corrected chi connectivity index (χ2v) is 3.52. The van der Waals surface area contributed by atoms with Gasteiger partial charge in [-0.2, -0.15) is 0 Å². The first-order valence-corrected chi connectivity index (χ1v) is 5.03. The minimum absolute atomic E-state index is 0.0427. The predicted molar refractivity (Wildman–Crippen MR) is 59.3 cm³/mol. The highest BCUT2D eigenvalue weighted by Gasteiger charge is 2.21. The Morgan fingerprint density at radius 3 is 2.62 bits per heavy atom. The van der Waals surface area contributed by atoms with Gasteiger partial charge in [-0.3, -0.25) is 0 Å². The molecule has 0 spiro atoms. The van der Waals surface area contributed by atoms with E-state index in [2.05, 4.69) is 0 Å². The fourth-order valence-corrected chi connectivity index (χ4v) is 1.48. The van der Waals surface area contributed by atoms with Crippen LogP contribution < -0.4 is 10.5 Å². The smallest absolute Gasteiger partial charge is 0.128 e. The van der Waals surface area contributed by atoms with Crippen LogP contribution in [-0.2, 0) is 0 Å². The van der Waals surface area contributed by atoms with E-state index in [0.29, 0.717) is 24.3 Å². The number of phenolic OH excluding ortho intramolecular Hbond substituents is 1. The first-order chi connectivity index (χ1) is 7.60. The molecule has 0 aliphatic carbocycles. The summed E-state index contributed by atoms with van der Waals surface area (Å²) < 4.78 is 5.01. The minimum atomic E-state index is -1.07. The summed E-state index contributed by atoms with van der Waals surface area (Å²) in [6.07, 6.45) is -1.71. The third-order valence-corrected chi connectivity index (χ3v) is 2.36. The third kappa shape index (κ3) is 2.85. The van der Waals surface area contributed by atoms with E-state index < -0.39 is 12.2 Å². The van der Waals surface area contributed by atoms with E-state index in [1.165, 1.54) is 25.3 Å². The first kappa shape index (κ1) is 12.8. The van der Waals surface area contributed by atoms with Gasteiger partial charge in [-0.15, -0.1) is 0 Å². The molecule has 0 saturated heterocycles. The van der Waals surface area contributed by atoms with Crippen LogP contribution in [0, 0.1) is 0 Å². The Balaban J connectivity index is 2.93. The van der Waals surface area contributed by atoms with Crippen molar-refractivity contribution in [2.45, 2.75) is 18.6 Å². The number of aliphatic hydroxyl groups excluding tert-OH is 2. The fourth-order valence-electron chi connectivity index (χ4n) is 1.48. The van der Waals surface area contributed by atoms with Crippen molar-refractivity contribution in [1.82, 2.24) is 0 Å². The number of aromatic hydroxyl groups is 1. The molecule has 0 aliphatic heterocycles. The lowest BCUT2D eigenvalue weighted by molar-refractivity contribution is 0.0137. The molecule has 0 bridgehead atoms. The predicted octanol–water partition coefficient (Wildman–Crippen LogP) is 0.144. The van der Waals surface area contributed by atoms with Crippen molar-refractivity contribution in [1.29, 1.82) is 0 Å². The van der Waals surface area contributed by atoms with Gasteiger partial charge in [0.2, 0.25) is 0 Å². The second-order valence-electron chi connectivity index (χ2n) is 3.52. The van der Waals surface area contributed by atoms with E-state index in [0.717, 1.165) is 0 Å². The highest BCUT2D eigenvalue weighted by Crippen LogP contribution is 2.31. The summed E-state index contributed by atoms with van der Waals surface area (Å²) in [6.45, 7) is 0.290. The molecular weight excluding hydrogens is 210 g/mol. The van der Waals surface area contributed by atoms with E-state index in [1.54, 1.807) is 0 Å². The van der Waals surface area contributed by atoms with Crippen molar-refractivity contribution in [3.63, 3.8) is 0 Å². The Morgan fingerprint density at radius 2 is 2.06 bits per heavy atom. The van der Waals surface area contributed by atoms with Crippen molar-refractivity contribution in [2.24, 2.45) is 5.73 Å². The molecule has 5 N–H and O–H groups in total. The summed E-state index contributed by atoms with van der Waals surface area (Å²) in [6, 6.07) is 4.32. The standard InChI is InChI=1S/C11H17NO4/c1-16-10-6-7(13)2-3-8(10)11(15)9(14)4-5-12/h2-3,6,9,11,13-15H,4-5,12H2,1H3. The summed E-state index contributed by atoms with van der Waals surface area (Å²) in [7, 11) is 1.43. The number of nitrogens with two attached hydrogens (primary N) is 1. The van der Waals surface area contributed by atoms with E-state index in [4.69, 9.17) is 10.5 Å². The molecule has 0 amide bonds. The largest absolute Gasteiger partial charge is 0.508 e. The number of rotatable bonds is 5. The molecule has 0 heterocycles. The number of aliphatic hydroxyl groups is 2. The molecule has 0 aliphatic rings. The Morgan fingerprint density at radius 1 is 1.38 bits per heavy atom. The highest BCUT2D eigenvalue weighted by atomic mass is 16.5. The molecule has 16 heavy (non-hydrogen) atoms. The first-order valence-electron chi connectivity index (χ1n) is 5.03. The molecule has 2 atom stereocenters. The fraction of sp³-hybridized carbons (Fsp3) is 0.455. The summed E-state index contributed by atoms with van der Waals surface area (Å²) in [5.74, 6) is 0.379. The molecule has 90 valence electrons. The summed E-state index contributed by atoms with van der Waals surface area (Å²) in [5, 5.41) is 28.7. The van der Waals surface area contributed by atoms with Crippen LogP contribution in [0.1, 0.15) is 18.1 Å². The van der Waals surface area contributed by atoms with Gasteiger partial charge >= 0.3 is 0 Å². The van der Waals surface area contributed by atoms with Gasteiger partial charge in [-0.1, -0.05) is 0 Å². The monoisotopic (exact) mass is 227 g/mol. The van der Waals surface area contributed by atoms with E-state index in [-0.39, 0.29) is 5.75 Å². The highest BCUT2D eigenvalue weighted by molar-refractivity contribution is 5.41. The van der Waals surface area contributed by atoms with Crippen LogP contribution >= 0.6 is 0 Å². The van der Waals surface area contributed by atoms with Crippen LogP contribution in [0.3, 0.4) is 0 Å². The van der Waals surface area contributed by atoms with Crippen LogP contribution in [0.4, 0.5) is 0 Å². The summed E-state index contributed by atoms with van der Waals surface area (Å²) >= 11 is 0. The summed E-state index contributed by atoms with van der Waals surface area (Å²) in [5.41, 5.74) is 5.73. The molecule has 2 unspecified atom stereocenters. The molecule has 1 rings (SSSR count). The van der Waals surface area contributed by atoms with Crippen molar-refractivity contribution in [3.8, 4) is 11.5 Å². The SMILES string of the molecule is COc1cc(O)ccc1C(O)C(O)CCN. The zero-order valence-corrected chi connectivity index (χ0v) is 9.13. The minimum Gasteiger partial charge on any atom is -0.508 e. The number of hydrogen-bond donors (Lipinski definition) is 4. The van der Waals surface area contributed by atoms with Crippen LogP contribution in [0.5, 0.6) is 11.5 Å². The van der Waals surface area contributed by atoms with E-state index >= 15 is 0 Å². The van der Waals surface area contributed by atoms with Crippen molar-refractivity contribution < 1.29 is 20.1 Å².